The summed E-state index contributed by atoms with van der Waals surface area (Å²) in [6, 6.07) is 12.8. The summed E-state index contributed by atoms with van der Waals surface area (Å²) >= 11 is 0. The van der Waals surface area contributed by atoms with E-state index in [9.17, 15) is 34.2 Å². The lowest BCUT2D eigenvalue weighted by Gasteiger charge is -2.48. The van der Waals surface area contributed by atoms with Crippen LogP contribution in [0, 0.1) is 35.0 Å². The van der Waals surface area contributed by atoms with Gasteiger partial charge in [-0.05, 0) is 47.1 Å². The first-order valence-electron chi connectivity index (χ1n) is 12.8. The number of carbonyl (C=O) groups is 5. The van der Waals surface area contributed by atoms with Crippen molar-refractivity contribution in [2.75, 3.05) is 6.54 Å². The number of nitriles is 1. The Morgan fingerprint density at radius 3 is 2.46 bits per heavy atom. The molecule has 1 amide bonds. The molecule has 10 nitrogen and oxygen atoms in total. The predicted molar refractivity (Wildman–Crippen MR) is 136 cm³/mol. The van der Waals surface area contributed by atoms with Gasteiger partial charge in [0, 0.05) is 31.8 Å². The van der Waals surface area contributed by atoms with E-state index in [1.807, 2.05) is 24.3 Å². The van der Waals surface area contributed by atoms with Gasteiger partial charge in [0.1, 0.15) is 5.75 Å². The molecule has 2 unspecified atom stereocenters. The van der Waals surface area contributed by atoms with Crippen LogP contribution in [0.4, 0.5) is 0 Å². The molecule has 0 radical (unpaired) electrons. The number of amides is 1. The summed E-state index contributed by atoms with van der Waals surface area (Å²) in [7, 11) is 0. The second kappa shape index (κ2) is 9.84. The zero-order valence-corrected chi connectivity index (χ0v) is 21.0. The number of carbonyl (C=O) groups excluding carboxylic acids is 5. The molecule has 5 atom stereocenters. The third kappa shape index (κ3) is 4.15. The van der Waals surface area contributed by atoms with Gasteiger partial charge in [-0.2, -0.15) is 5.26 Å². The van der Waals surface area contributed by atoms with Gasteiger partial charge in [0.2, 0.25) is 5.91 Å². The van der Waals surface area contributed by atoms with Crippen molar-refractivity contribution in [2.24, 2.45) is 29.4 Å². The molecule has 3 aliphatic rings. The maximum absolute atomic E-state index is 13.7. The minimum atomic E-state index is -2.66. The number of phenolic OH excluding ortho intramolecular Hbond substituents is 1. The zero-order chi connectivity index (χ0) is 28.1. The molecule has 2 aromatic carbocycles. The summed E-state index contributed by atoms with van der Waals surface area (Å²) in [5.74, 6) is -10.3. The molecular weight excluding hydrogens is 502 g/mol. The van der Waals surface area contributed by atoms with E-state index in [0.717, 1.165) is 11.1 Å². The molecule has 2 fully saturated rings. The third-order valence-electron chi connectivity index (χ3n) is 8.29. The molecule has 5 N–H and O–H groups in total. The minimum Gasteiger partial charge on any atom is -0.507 e. The molecule has 2 saturated carbocycles. The number of rotatable bonds is 6. The smallest absolute Gasteiger partial charge is 0.235 e. The van der Waals surface area contributed by atoms with Crippen LogP contribution >= 0.6 is 0 Å². The van der Waals surface area contributed by atoms with Gasteiger partial charge in [-0.1, -0.05) is 30.3 Å². The number of primary amides is 1. The molecule has 39 heavy (non-hydrogen) atoms. The van der Waals surface area contributed by atoms with E-state index < -0.39 is 58.3 Å². The molecule has 0 heterocycles. The maximum atomic E-state index is 13.7. The van der Waals surface area contributed by atoms with E-state index in [-0.39, 0.29) is 30.6 Å². The topological polar surface area (TPSA) is 188 Å². The molecule has 0 spiro atoms. The molecule has 0 bridgehead atoms. The largest absolute Gasteiger partial charge is 0.507 e. The Labute approximate surface area is 223 Å². The molecule has 0 aromatic heterocycles. The molecule has 3 aliphatic carbocycles. The van der Waals surface area contributed by atoms with Gasteiger partial charge in [-0.15, -0.1) is 0 Å². The van der Waals surface area contributed by atoms with Crippen molar-refractivity contribution in [3.05, 3.63) is 53.1 Å². The molecule has 10 heteroatoms. The number of aromatic hydroxyl groups is 1. The predicted octanol–water partition coefficient (Wildman–Crippen LogP) is 0.997. The van der Waals surface area contributed by atoms with E-state index in [4.69, 9.17) is 11.0 Å². The van der Waals surface area contributed by atoms with E-state index >= 15 is 0 Å². The average Bonchev–Trinajstić information content (AvgIpc) is 2.89. The number of nitrogens with zero attached hydrogens (tertiary/aromatic N) is 1. The van der Waals surface area contributed by atoms with Crippen LogP contribution in [-0.4, -0.2) is 51.4 Å². The number of nitrogens with one attached hydrogen (secondary N) is 1. The lowest BCUT2D eigenvalue weighted by molar-refractivity contribution is -0.175. The quantitative estimate of drug-likeness (QED) is 0.313. The van der Waals surface area contributed by atoms with Crippen LogP contribution < -0.4 is 11.1 Å². The maximum Gasteiger partial charge on any atom is 0.235 e. The summed E-state index contributed by atoms with van der Waals surface area (Å²) in [6.07, 6.45) is 0.293. The van der Waals surface area contributed by atoms with Crippen LogP contribution in [0.2, 0.25) is 0 Å². The first-order chi connectivity index (χ1) is 18.6. The van der Waals surface area contributed by atoms with Crippen molar-refractivity contribution in [3.8, 4) is 22.9 Å². The van der Waals surface area contributed by atoms with Crippen LogP contribution in [0.1, 0.15) is 40.7 Å². The summed E-state index contributed by atoms with van der Waals surface area (Å²) in [6.45, 7) is 1.15. The Bertz CT molecular complexity index is 1460. The van der Waals surface area contributed by atoms with E-state index in [1.54, 1.807) is 6.07 Å². The van der Waals surface area contributed by atoms with E-state index in [2.05, 4.69) is 11.4 Å². The number of ketones is 4. The molecule has 2 aromatic rings. The Hall–Kier alpha value is -4.20. The van der Waals surface area contributed by atoms with Crippen LogP contribution in [-0.2, 0) is 32.1 Å². The number of benzene rings is 2. The Kier molecular flexibility index (Phi) is 6.66. The second-order valence-electron chi connectivity index (χ2n) is 10.5. The Morgan fingerprint density at radius 2 is 1.79 bits per heavy atom. The number of Topliss-reactive ketones (excluding diaryl/α,β-unsaturated/α-hetero) is 4. The number of phenols is 1. The molecule has 0 aliphatic heterocycles. The fourth-order valence-electron chi connectivity index (χ4n) is 6.42. The highest BCUT2D eigenvalue weighted by molar-refractivity contribution is 6.31. The van der Waals surface area contributed by atoms with Gasteiger partial charge in [-0.25, -0.2) is 0 Å². The number of hydrogen-bond donors (Lipinski definition) is 4. The van der Waals surface area contributed by atoms with Gasteiger partial charge in [0.15, 0.2) is 34.7 Å². The molecule has 200 valence electrons. The normalized spacial score (nSPS) is 27.8. The lowest BCUT2D eigenvalue weighted by atomic mass is 9.53. The fraction of sp³-hybridized carbons (Fsp3) is 0.379. The lowest BCUT2D eigenvalue weighted by Crippen LogP contribution is -2.68. The van der Waals surface area contributed by atoms with Crippen molar-refractivity contribution in [2.45, 2.75) is 37.8 Å². The van der Waals surface area contributed by atoms with Crippen molar-refractivity contribution in [3.63, 3.8) is 0 Å². The van der Waals surface area contributed by atoms with E-state index in [1.165, 1.54) is 6.07 Å². The van der Waals surface area contributed by atoms with Crippen LogP contribution in [0.5, 0.6) is 5.75 Å². The summed E-state index contributed by atoms with van der Waals surface area (Å²) in [4.78, 5) is 64.6. The third-order valence-corrected chi connectivity index (χ3v) is 8.29. The van der Waals surface area contributed by atoms with Crippen molar-refractivity contribution in [1.82, 2.24) is 5.32 Å². The first kappa shape index (κ1) is 26.4. The summed E-state index contributed by atoms with van der Waals surface area (Å²) in [5.41, 5.74) is 5.58. The number of fused-ring (bicyclic) bond motifs is 3. The van der Waals surface area contributed by atoms with Gasteiger partial charge in [0.25, 0.3) is 0 Å². The molecular formula is C29H27N3O7. The highest BCUT2D eigenvalue weighted by Crippen LogP contribution is 2.51. The monoisotopic (exact) mass is 529 g/mol. The highest BCUT2D eigenvalue weighted by Gasteiger charge is 2.66. The number of hydrogen-bond acceptors (Lipinski definition) is 9. The van der Waals surface area contributed by atoms with Gasteiger partial charge >= 0.3 is 0 Å². The van der Waals surface area contributed by atoms with Crippen LogP contribution in [0.15, 0.2) is 36.4 Å². The number of aliphatic hydroxyl groups is 1. The van der Waals surface area contributed by atoms with Gasteiger partial charge in [0.05, 0.1) is 17.6 Å². The Morgan fingerprint density at radius 1 is 1.08 bits per heavy atom. The number of nitrogens with two attached hydrogens (primary N) is 1. The van der Waals surface area contributed by atoms with Gasteiger partial charge < -0.3 is 21.3 Å². The fourth-order valence-corrected chi connectivity index (χ4v) is 6.42. The summed E-state index contributed by atoms with van der Waals surface area (Å²) < 4.78 is 0. The van der Waals surface area contributed by atoms with Gasteiger partial charge in [-0.3, -0.25) is 24.0 Å². The summed E-state index contributed by atoms with van der Waals surface area (Å²) in [5, 5.41) is 33.8. The second-order valence-corrected chi connectivity index (χ2v) is 10.5. The zero-order valence-electron chi connectivity index (χ0n) is 21.0. The Balaban J connectivity index is 1.49. The first-order valence-corrected chi connectivity index (χ1v) is 12.8. The van der Waals surface area contributed by atoms with Crippen molar-refractivity contribution < 1.29 is 34.2 Å². The molecule has 5 rings (SSSR count). The van der Waals surface area contributed by atoms with Crippen LogP contribution in [0.3, 0.4) is 0 Å². The van der Waals surface area contributed by atoms with E-state index in [0.29, 0.717) is 30.6 Å². The average molecular weight is 530 g/mol. The highest BCUT2D eigenvalue weighted by atomic mass is 16.3. The van der Waals surface area contributed by atoms with Crippen molar-refractivity contribution >= 4 is 29.0 Å². The standard InChI is InChI=1S/C29H27N3O7/c30-8-1-9-32-13-14-2-4-15(5-3-14)18-6-7-20(33)23-19(18)11-16-10-17-12-21(34)24(28(31)38)27(37)29(17,39)26(36)22(16)25(23)35/h2-7,16-17,22,24,32-33,39H,1,9-13H2,(H2,31,38)/t16-,17+,22?,24?,29+/m1/s1. The SMILES string of the molecule is N#CCCNCc1ccc(-c2ccc(O)c3c2C[C@H]2C[C@H]4CC(=O)C(C(N)=O)C(=O)[C@@]4(O)C(=O)C2C3=O)cc1. The minimum absolute atomic E-state index is 0.0304. The van der Waals surface area contributed by atoms with Crippen LogP contribution in [0.25, 0.3) is 11.1 Å². The molecule has 0 saturated heterocycles. The van der Waals surface area contributed by atoms with Crippen molar-refractivity contribution in [1.29, 1.82) is 5.26 Å².